The van der Waals surface area contributed by atoms with Gasteiger partial charge in [-0.1, -0.05) is 11.6 Å². The summed E-state index contributed by atoms with van der Waals surface area (Å²) in [7, 11) is 0. The Morgan fingerprint density at radius 2 is 1.80 bits per heavy atom. The predicted octanol–water partition coefficient (Wildman–Crippen LogP) is 8.45. The second-order valence-corrected chi connectivity index (χ2v) is 12.7. The number of nitriles is 1. The summed E-state index contributed by atoms with van der Waals surface area (Å²) in [5.74, 6) is -0.676. The average Bonchev–Trinajstić information content (AvgIpc) is 3.49. The van der Waals surface area contributed by atoms with Gasteiger partial charge in [-0.25, -0.2) is 14.2 Å². The summed E-state index contributed by atoms with van der Waals surface area (Å²) in [6, 6.07) is 11.6. The number of halogens is 5. The third-order valence-electron chi connectivity index (χ3n) is 7.97. The van der Waals surface area contributed by atoms with E-state index in [1.54, 1.807) is 37.3 Å². The Hall–Kier alpha value is -5.39. The minimum absolute atomic E-state index is 0.0577. The molecule has 0 saturated carbocycles. The summed E-state index contributed by atoms with van der Waals surface area (Å²) >= 11 is 7.56. The molecule has 0 unspecified atom stereocenters. The van der Waals surface area contributed by atoms with Crippen LogP contribution < -0.4 is 10.3 Å². The number of fused-ring (bicyclic) bond motifs is 2. The van der Waals surface area contributed by atoms with Gasteiger partial charge in [0.1, 0.15) is 30.9 Å². The summed E-state index contributed by atoms with van der Waals surface area (Å²) < 4.78 is 64.8. The summed E-state index contributed by atoms with van der Waals surface area (Å²) in [5, 5.41) is 21.4. The number of thiophene rings is 1. The van der Waals surface area contributed by atoms with E-state index in [2.05, 4.69) is 15.0 Å². The van der Waals surface area contributed by atoms with Gasteiger partial charge in [0.2, 0.25) is 0 Å². The Balaban J connectivity index is 1.43. The topological polar surface area (TPSA) is 131 Å². The number of hydrogen-bond acceptors (Lipinski definition) is 8. The van der Waals surface area contributed by atoms with Gasteiger partial charge < -0.3 is 9.84 Å². The smallest absolute Gasteiger partial charge is 0.417 e. The van der Waals surface area contributed by atoms with Crippen molar-refractivity contribution in [2.24, 2.45) is 0 Å². The van der Waals surface area contributed by atoms with Gasteiger partial charge in [0.15, 0.2) is 0 Å². The van der Waals surface area contributed by atoms with Gasteiger partial charge in [0.05, 0.1) is 50.0 Å². The molecular weight excluding hydrogens is 698 g/mol. The molecule has 2 aromatic carbocycles. The molecule has 0 atom stereocenters. The summed E-state index contributed by atoms with van der Waals surface area (Å²) in [5.41, 5.74) is -1.27. The third-order valence-corrected chi connectivity index (χ3v) is 9.21. The van der Waals surface area contributed by atoms with Crippen molar-refractivity contribution < 1.29 is 32.2 Å². The van der Waals surface area contributed by atoms with Crippen LogP contribution in [-0.2, 0) is 19.4 Å². The Kier molecular flexibility index (Phi) is 9.06. The standard InChI is InChI=1S/C35H24ClF4N5O4S/c1-16-8-19(10-21(13-37)42-16)29-24(14-41)30-27(12-26(29)35(38,39)40)44-18(3)45(33(30)46)6-7-49-28-5-4-20(36)11-22(28)23-9-17(2)43-31-25(34(47)48)15-50-32(23)31/h4-5,8-12,15H,6-7,13H2,1-3H3,(H,47,48). The maximum Gasteiger partial charge on any atom is 0.417 e. The van der Waals surface area contributed by atoms with Crippen molar-refractivity contribution in [2.75, 3.05) is 6.61 Å². The molecule has 0 radical (unpaired) electrons. The Morgan fingerprint density at radius 3 is 2.48 bits per heavy atom. The van der Waals surface area contributed by atoms with E-state index in [0.717, 1.165) is 12.1 Å². The molecule has 0 saturated heterocycles. The van der Waals surface area contributed by atoms with E-state index < -0.39 is 41.1 Å². The monoisotopic (exact) mass is 721 g/mol. The molecule has 254 valence electrons. The van der Waals surface area contributed by atoms with Crippen LogP contribution >= 0.6 is 22.9 Å². The van der Waals surface area contributed by atoms with Crippen LogP contribution in [0.15, 0.2) is 52.6 Å². The highest BCUT2D eigenvalue weighted by Gasteiger charge is 2.37. The number of benzene rings is 2. The molecule has 9 nitrogen and oxygen atoms in total. The minimum Gasteiger partial charge on any atom is -0.491 e. The normalized spacial score (nSPS) is 11.7. The SMILES string of the molecule is Cc1cc(-c2c(C(F)(F)F)cc3nc(C)n(CCOc4ccc(Cl)cc4-c4cc(C)nc5c(C(=O)O)csc45)c(=O)c3c2C#N)cc(CF)n1. The zero-order valence-corrected chi connectivity index (χ0v) is 28.0. The van der Waals surface area contributed by atoms with Crippen molar-refractivity contribution in [3.8, 4) is 34.1 Å². The van der Waals surface area contributed by atoms with Gasteiger partial charge in [0.25, 0.3) is 5.56 Å². The number of alkyl halides is 4. The van der Waals surface area contributed by atoms with E-state index in [4.69, 9.17) is 16.3 Å². The molecule has 0 aliphatic heterocycles. The Labute approximate surface area is 290 Å². The summed E-state index contributed by atoms with van der Waals surface area (Å²) in [4.78, 5) is 38.5. The number of nitrogens with zero attached hydrogens (tertiary/aromatic N) is 5. The maximum atomic E-state index is 14.4. The van der Waals surface area contributed by atoms with Crippen molar-refractivity contribution in [3.63, 3.8) is 0 Å². The second kappa shape index (κ2) is 13.1. The van der Waals surface area contributed by atoms with Gasteiger partial charge >= 0.3 is 12.1 Å². The van der Waals surface area contributed by atoms with E-state index in [-0.39, 0.29) is 52.4 Å². The largest absolute Gasteiger partial charge is 0.491 e. The van der Waals surface area contributed by atoms with Crippen LogP contribution in [0.1, 0.15) is 44.4 Å². The number of aryl methyl sites for hydroxylation is 3. The van der Waals surface area contributed by atoms with Gasteiger partial charge in [-0.2, -0.15) is 18.4 Å². The van der Waals surface area contributed by atoms with Crippen LogP contribution in [0, 0.1) is 32.1 Å². The van der Waals surface area contributed by atoms with E-state index in [1.165, 1.54) is 41.2 Å². The Morgan fingerprint density at radius 1 is 1.06 bits per heavy atom. The Bertz CT molecular complexity index is 2470. The molecule has 4 heterocycles. The number of rotatable bonds is 8. The molecule has 0 spiro atoms. The first-order chi connectivity index (χ1) is 23.7. The fourth-order valence-electron chi connectivity index (χ4n) is 5.91. The molecule has 1 N–H and O–H groups in total. The van der Waals surface area contributed by atoms with Crippen LogP contribution in [0.3, 0.4) is 0 Å². The van der Waals surface area contributed by atoms with Gasteiger partial charge in [-0.05, 0) is 68.8 Å². The van der Waals surface area contributed by atoms with E-state index in [9.17, 15) is 37.5 Å². The molecule has 50 heavy (non-hydrogen) atoms. The lowest BCUT2D eigenvalue weighted by Crippen LogP contribution is -2.27. The first-order valence-electron chi connectivity index (χ1n) is 14.9. The molecule has 6 aromatic rings. The number of ether oxygens (including phenoxy) is 1. The van der Waals surface area contributed by atoms with Gasteiger partial charge in [-0.15, -0.1) is 11.3 Å². The zero-order valence-electron chi connectivity index (χ0n) is 26.4. The zero-order chi connectivity index (χ0) is 36.1. The van der Waals surface area contributed by atoms with Crippen molar-refractivity contribution >= 4 is 50.0 Å². The highest BCUT2D eigenvalue weighted by atomic mass is 35.5. The lowest BCUT2D eigenvalue weighted by Gasteiger charge is -2.19. The number of pyridine rings is 2. The van der Waals surface area contributed by atoms with Crippen LogP contribution in [-0.4, -0.2) is 37.2 Å². The highest BCUT2D eigenvalue weighted by molar-refractivity contribution is 7.18. The molecule has 0 aliphatic rings. The number of carboxylic acids is 1. The van der Waals surface area contributed by atoms with Crippen LogP contribution in [0.4, 0.5) is 17.6 Å². The first kappa shape index (κ1) is 34.5. The van der Waals surface area contributed by atoms with Crippen molar-refractivity contribution in [1.82, 2.24) is 19.5 Å². The maximum absolute atomic E-state index is 14.4. The first-order valence-corrected chi connectivity index (χ1v) is 16.1. The minimum atomic E-state index is -4.94. The van der Waals surface area contributed by atoms with Gasteiger partial charge in [-0.3, -0.25) is 19.3 Å². The van der Waals surface area contributed by atoms with E-state index >= 15 is 0 Å². The van der Waals surface area contributed by atoms with Crippen LogP contribution in [0.5, 0.6) is 5.75 Å². The lowest BCUT2D eigenvalue weighted by atomic mass is 9.91. The lowest BCUT2D eigenvalue weighted by molar-refractivity contribution is -0.137. The quantitative estimate of drug-likeness (QED) is 0.155. The number of carboxylic acid groups (broad SMARTS) is 1. The second-order valence-electron chi connectivity index (χ2n) is 11.3. The summed E-state index contributed by atoms with van der Waals surface area (Å²) in [6.07, 6.45) is -4.94. The van der Waals surface area contributed by atoms with Crippen LogP contribution in [0.2, 0.25) is 5.02 Å². The number of aromatic nitrogens is 4. The van der Waals surface area contributed by atoms with E-state index in [1.807, 2.05) is 0 Å². The predicted molar refractivity (Wildman–Crippen MR) is 180 cm³/mol. The molecule has 0 fully saturated rings. The molecule has 0 amide bonds. The van der Waals surface area contributed by atoms with Crippen molar-refractivity contribution in [1.29, 1.82) is 5.26 Å². The van der Waals surface area contributed by atoms with Crippen molar-refractivity contribution in [2.45, 2.75) is 40.2 Å². The third kappa shape index (κ3) is 6.25. The molecule has 6 rings (SSSR count). The number of carbonyl (C=O) groups is 1. The molecule has 15 heteroatoms. The molecule has 0 aliphatic carbocycles. The summed E-state index contributed by atoms with van der Waals surface area (Å²) in [6.45, 7) is 3.40. The molecular formula is C35H24ClF4N5O4S. The molecule has 4 aromatic heterocycles. The highest BCUT2D eigenvalue weighted by Crippen LogP contribution is 2.42. The average molecular weight is 722 g/mol. The number of hydrogen-bond donors (Lipinski definition) is 1. The van der Waals surface area contributed by atoms with E-state index in [0.29, 0.717) is 37.8 Å². The fraction of sp³-hybridized carbons (Fsp3) is 0.200. The fourth-order valence-corrected chi connectivity index (χ4v) is 7.10. The van der Waals surface area contributed by atoms with Crippen LogP contribution in [0.25, 0.3) is 43.4 Å². The number of aromatic carboxylic acids is 1. The molecule has 0 bridgehead atoms. The van der Waals surface area contributed by atoms with Gasteiger partial charge in [0, 0.05) is 38.5 Å². The van der Waals surface area contributed by atoms with Crippen molar-refractivity contribution in [3.05, 3.63) is 103 Å².